The summed E-state index contributed by atoms with van der Waals surface area (Å²) in [5.41, 5.74) is 23.6. The van der Waals surface area contributed by atoms with Crippen molar-refractivity contribution in [2.24, 2.45) is 0 Å². The summed E-state index contributed by atoms with van der Waals surface area (Å²) in [5, 5.41) is 2.87. The van der Waals surface area contributed by atoms with Crippen molar-refractivity contribution in [2.75, 3.05) is 28.3 Å². The Morgan fingerprint density at radius 2 is 1.59 bits per heavy atom. The summed E-state index contributed by atoms with van der Waals surface area (Å²) in [4.78, 5) is 11.8. The van der Waals surface area contributed by atoms with Gasteiger partial charge in [0.05, 0.1) is 17.6 Å². The van der Waals surface area contributed by atoms with Crippen molar-refractivity contribution in [2.45, 2.75) is 0 Å². The van der Waals surface area contributed by atoms with Crippen LogP contribution >= 0.6 is 0 Å². The van der Waals surface area contributed by atoms with Crippen LogP contribution in [0.4, 0.5) is 34.6 Å². The standard InChI is InChI=1S/C9H12N8/c10-4-1-5(3-14-2-4)15-9-16-7(12)6(11)8(13)17-9/h1-3H,10-11H2,(H5,12,13,15,16,17). The minimum atomic E-state index is 0.122. The molecular formula is C9H12N8. The van der Waals surface area contributed by atoms with E-state index in [1.54, 1.807) is 12.3 Å². The molecule has 2 rings (SSSR count). The fraction of sp³-hybridized carbons (Fsp3) is 0. The third-order valence-corrected chi connectivity index (χ3v) is 2.02. The van der Waals surface area contributed by atoms with E-state index in [0.29, 0.717) is 11.4 Å². The summed E-state index contributed by atoms with van der Waals surface area (Å²) in [6.45, 7) is 0. The van der Waals surface area contributed by atoms with Crippen LogP contribution < -0.4 is 28.3 Å². The molecule has 2 aromatic rings. The third-order valence-electron chi connectivity index (χ3n) is 2.02. The quantitative estimate of drug-likeness (QED) is 0.482. The van der Waals surface area contributed by atoms with Crippen molar-refractivity contribution in [3.8, 4) is 0 Å². The van der Waals surface area contributed by atoms with Crippen LogP contribution in [-0.4, -0.2) is 15.0 Å². The van der Waals surface area contributed by atoms with E-state index in [1.807, 2.05) is 0 Å². The summed E-state index contributed by atoms with van der Waals surface area (Å²) in [6, 6.07) is 1.68. The zero-order valence-electron chi connectivity index (χ0n) is 8.88. The van der Waals surface area contributed by atoms with Crippen molar-refractivity contribution >= 4 is 34.6 Å². The van der Waals surface area contributed by atoms with Gasteiger partial charge in [-0.3, -0.25) is 4.98 Å². The third kappa shape index (κ3) is 2.25. The first-order valence-corrected chi connectivity index (χ1v) is 4.72. The molecule has 2 aromatic heterocycles. The molecule has 0 saturated carbocycles. The van der Waals surface area contributed by atoms with Crippen LogP contribution in [0, 0.1) is 0 Å². The van der Waals surface area contributed by atoms with Gasteiger partial charge >= 0.3 is 0 Å². The molecule has 0 aliphatic carbocycles. The number of hydrogen-bond donors (Lipinski definition) is 5. The summed E-state index contributed by atoms with van der Waals surface area (Å²) < 4.78 is 0. The van der Waals surface area contributed by atoms with Gasteiger partial charge in [0.1, 0.15) is 5.69 Å². The van der Waals surface area contributed by atoms with Gasteiger partial charge in [-0.05, 0) is 6.07 Å². The predicted molar refractivity (Wildman–Crippen MR) is 67.2 cm³/mol. The Labute approximate surface area is 97.1 Å². The smallest absolute Gasteiger partial charge is 0.231 e. The zero-order valence-corrected chi connectivity index (χ0v) is 8.88. The molecule has 0 amide bonds. The highest BCUT2D eigenvalue weighted by Crippen LogP contribution is 2.22. The van der Waals surface area contributed by atoms with Crippen LogP contribution in [0.1, 0.15) is 0 Å². The molecule has 0 fully saturated rings. The number of rotatable bonds is 2. The normalized spacial score (nSPS) is 10.1. The Morgan fingerprint density at radius 3 is 2.18 bits per heavy atom. The molecule has 9 N–H and O–H groups in total. The monoisotopic (exact) mass is 232 g/mol. The summed E-state index contributed by atoms with van der Waals surface area (Å²) in [5.74, 6) is 0.482. The first-order chi connectivity index (χ1) is 8.06. The molecule has 0 bridgehead atoms. The second-order valence-electron chi connectivity index (χ2n) is 3.36. The maximum Gasteiger partial charge on any atom is 0.231 e. The topological polar surface area (TPSA) is 155 Å². The lowest BCUT2D eigenvalue weighted by molar-refractivity contribution is 1.18. The van der Waals surface area contributed by atoms with E-state index in [1.165, 1.54) is 6.20 Å². The first kappa shape index (κ1) is 10.7. The predicted octanol–water partition coefficient (Wildman–Crippen LogP) is -0.0560. The van der Waals surface area contributed by atoms with E-state index in [-0.39, 0.29) is 23.3 Å². The van der Waals surface area contributed by atoms with Crippen molar-refractivity contribution in [1.29, 1.82) is 0 Å². The maximum atomic E-state index is 5.58. The van der Waals surface area contributed by atoms with Gasteiger partial charge in [0.15, 0.2) is 11.6 Å². The van der Waals surface area contributed by atoms with Gasteiger partial charge in [0.25, 0.3) is 0 Å². The number of nitrogens with zero attached hydrogens (tertiary/aromatic N) is 3. The van der Waals surface area contributed by atoms with Gasteiger partial charge in [-0.25, -0.2) is 0 Å². The zero-order chi connectivity index (χ0) is 12.4. The molecule has 8 heteroatoms. The number of nitrogens with two attached hydrogens (primary N) is 4. The maximum absolute atomic E-state index is 5.58. The highest BCUT2D eigenvalue weighted by atomic mass is 15.2. The molecule has 0 spiro atoms. The summed E-state index contributed by atoms with van der Waals surface area (Å²) in [7, 11) is 0. The molecule has 8 nitrogen and oxygen atoms in total. The van der Waals surface area contributed by atoms with Crippen LogP contribution in [0.5, 0.6) is 0 Å². The number of nitrogen functional groups attached to an aromatic ring is 4. The minimum Gasteiger partial charge on any atom is -0.397 e. The van der Waals surface area contributed by atoms with Crippen molar-refractivity contribution in [3.05, 3.63) is 18.5 Å². The molecule has 17 heavy (non-hydrogen) atoms. The van der Waals surface area contributed by atoms with Crippen LogP contribution in [0.3, 0.4) is 0 Å². The van der Waals surface area contributed by atoms with Gasteiger partial charge in [0, 0.05) is 6.20 Å². The van der Waals surface area contributed by atoms with Crippen LogP contribution in [0.15, 0.2) is 18.5 Å². The molecule has 0 aromatic carbocycles. The minimum absolute atomic E-state index is 0.122. The molecule has 0 aliphatic rings. The highest BCUT2D eigenvalue weighted by Gasteiger charge is 2.06. The van der Waals surface area contributed by atoms with E-state index in [0.717, 1.165) is 0 Å². The second-order valence-corrected chi connectivity index (χ2v) is 3.36. The average molecular weight is 232 g/mol. The van der Waals surface area contributed by atoms with Gasteiger partial charge in [0.2, 0.25) is 5.95 Å². The van der Waals surface area contributed by atoms with E-state index in [9.17, 15) is 0 Å². The van der Waals surface area contributed by atoms with Gasteiger partial charge in [-0.1, -0.05) is 0 Å². The molecular weight excluding hydrogens is 220 g/mol. The largest absolute Gasteiger partial charge is 0.397 e. The number of anilines is 6. The summed E-state index contributed by atoms with van der Waals surface area (Å²) in [6.07, 6.45) is 3.10. The fourth-order valence-corrected chi connectivity index (χ4v) is 1.22. The Hall–Kier alpha value is -2.77. The number of pyridine rings is 1. The average Bonchev–Trinajstić information content (AvgIpc) is 2.26. The summed E-state index contributed by atoms with van der Waals surface area (Å²) >= 11 is 0. The van der Waals surface area contributed by atoms with E-state index in [4.69, 9.17) is 22.9 Å². The van der Waals surface area contributed by atoms with Gasteiger partial charge in [-0.15, -0.1) is 0 Å². The second kappa shape index (κ2) is 4.00. The van der Waals surface area contributed by atoms with Crippen molar-refractivity contribution in [3.63, 3.8) is 0 Å². The fourth-order valence-electron chi connectivity index (χ4n) is 1.22. The molecule has 0 radical (unpaired) electrons. The Balaban J connectivity index is 2.31. The van der Waals surface area contributed by atoms with E-state index < -0.39 is 0 Å². The Kier molecular flexibility index (Phi) is 2.53. The lowest BCUT2D eigenvalue weighted by Gasteiger charge is -2.08. The number of nitrogens with one attached hydrogen (secondary N) is 1. The molecule has 0 atom stereocenters. The SMILES string of the molecule is Nc1cncc(Nc2nc(N)c(N)c(N)n2)c1. The van der Waals surface area contributed by atoms with E-state index >= 15 is 0 Å². The van der Waals surface area contributed by atoms with Crippen LogP contribution in [-0.2, 0) is 0 Å². The highest BCUT2D eigenvalue weighted by molar-refractivity contribution is 5.73. The van der Waals surface area contributed by atoms with Crippen molar-refractivity contribution < 1.29 is 0 Å². The Morgan fingerprint density at radius 1 is 0.941 bits per heavy atom. The van der Waals surface area contributed by atoms with Crippen LogP contribution in [0.25, 0.3) is 0 Å². The lowest BCUT2D eigenvalue weighted by atomic mass is 10.4. The van der Waals surface area contributed by atoms with Crippen LogP contribution in [0.2, 0.25) is 0 Å². The Bertz CT molecular complexity index is 529. The molecule has 0 aliphatic heterocycles. The number of aromatic nitrogens is 3. The number of hydrogen-bond acceptors (Lipinski definition) is 8. The van der Waals surface area contributed by atoms with Gasteiger partial charge < -0.3 is 28.3 Å². The molecule has 88 valence electrons. The van der Waals surface area contributed by atoms with Gasteiger partial charge in [-0.2, -0.15) is 9.97 Å². The molecule has 0 saturated heterocycles. The first-order valence-electron chi connectivity index (χ1n) is 4.72. The van der Waals surface area contributed by atoms with E-state index in [2.05, 4.69) is 20.3 Å². The lowest BCUT2D eigenvalue weighted by Crippen LogP contribution is -2.08. The molecule has 0 unspecified atom stereocenters. The van der Waals surface area contributed by atoms with Crippen molar-refractivity contribution in [1.82, 2.24) is 15.0 Å². The molecule has 2 heterocycles.